The summed E-state index contributed by atoms with van der Waals surface area (Å²) >= 11 is 0. The number of methoxy groups -OCH3 is 1. The molecule has 0 bridgehead atoms. The number of hydrogen-bond donors (Lipinski definition) is 1. The molecule has 1 N–H and O–H groups in total. The molecular formula is C21H26O4. The number of aliphatic hydroxyl groups excluding tert-OH is 1. The summed E-state index contributed by atoms with van der Waals surface area (Å²) in [6, 6.07) is 18.6. The van der Waals surface area contributed by atoms with Gasteiger partial charge in [0, 0.05) is 18.1 Å². The van der Waals surface area contributed by atoms with E-state index in [0.29, 0.717) is 18.6 Å². The Bertz CT molecular complexity index is 635. The quantitative estimate of drug-likeness (QED) is 0.670. The number of aliphatic hydroxyl groups is 1. The lowest BCUT2D eigenvalue weighted by Gasteiger charge is -2.31. The molecular weight excluding hydrogens is 316 g/mol. The topological polar surface area (TPSA) is 55.8 Å². The number of ether oxygens (including phenoxy) is 2. The summed E-state index contributed by atoms with van der Waals surface area (Å²) < 4.78 is 11.3. The third-order valence-corrected chi connectivity index (χ3v) is 4.49. The van der Waals surface area contributed by atoms with Crippen LogP contribution in [0.3, 0.4) is 0 Å². The van der Waals surface area contributed by atoms with Crippen LogP contribution < -0.4 is 0 Å². The van der Waals surface area contributed by atoms with E-state index in [1.54, 1.807) is 19.2 Å². The Balaban J connectivity index is 2.25. The number of Topliss-reactive ketones (excluding diaryl/α,β-unsaturated/α-hetero) is 1. The van der Waals surface area contributed by atoms with E-state index in [9.17, 15) is 9.90 Å². The van der Waals surface area contributed by atoms with Crippen LogP contribution in [0, 0.1) is 5.41 Å². The first kappa shape index (κ1) is 19.3. The lowest BCUT2D eigenvalue weighted by molar-refractivity contribution is -0.0599. The van der Waals surface area contributed by atoms with Gasteiger partial charge in [0.05, 0.1) is 19.8 Å². The fraction of sp³-hybridized carbons (Fsp3) is 0.381. The van der Waals surface area contributed by atoms with Crippen LogP contribution in [0.5, 0.6) is 0 Å². The van der Waals surface area contributed by atoms with Crippen molar-refractivity contribution in [3.8, 4) is 0 Å². The number of carbonyl (C=O) groups excluding carboxylic acids is 1. The molecule has 0 heterocycles. The van der Waals surface area contributed by atoms with Gasteiger partial charge in [-0.2, -0.15) is 0 Å². The highest BCUT2D eigenvalue weighted by Crippen LogP contribution is 2.28. The van der Waals surface area contributed by atoms with Crippen LogP contribution in [0.15, 0.2) is 60.7 Å². The first-order chi connectivity index (χ1) is 12.2. The molecule has 0 aliphatic rings. The van der Waals surface area contributed by atoms with Crippen LogP contribution in [-0.4, -0.2) is 37.8 Å². The van der Waals surface area contributed by atoms with E-state index in [4.69, 9.17) is 9.47 Å². The third kappa shape index (κ3) is 4.98. The van der Waals surface area contributed by atoms with Crippen molar-refractivity contribution in [2.75, 3.05) is 26.9 Å². The molecule has 0 aliphatic carbocycles. The van der Waals surface area contributed by atoms with Gasteiger partial charge in [-0.15, -0.1) is 0 Å². The van der Waals surface area contributed by atoms with Crippen molar-refractivity contribution in [3.63, 3.8) is 0 Å². The van der Waals surface area contributed by atoms with Gasteiger partial charge in [0.2, 0.25) is 0 Å². The molecule has 0 aliphatic heterocycles. The van der Waals surface area contributed by atoms with Crippen LogP contribution in [0.25, 0.3) is 0 Å². The highest BCUT2D eigenvalue weighted by molar-refractivity contribution is 6.00. The minimum absolute atomic E-state index is 0.0572. The Kier molecular flexibility index (Phi) is 7.31. The second-order valence-electron chi connectivity index (χ2n) is 6.28. The van der Waals surface area contributed by atoms with E-state index in [1.165, 1.54) is 0 Å². The van der Waals surface area contributed by atoms with Crippen molar-refractivity contribution in [2.24, 2.45) is 5.41 Å². The van der Waals surface area contributed by atoms with Gasteiger partial charge in [-0.3, -0.25) is 4.79 Å². The molecule has 0 spiro atoms. The second-order valence-corrected chi connectivity index (χ2v) is 6.28. The zero-order chi connectivity index (χ0) is 18.1. The van der Waals surface area contributed by atoms with Gasteiger partial charge in [0.25, 0.3) is 0 Å². The Morgan fingerprint density at radius 1 is 1.04 bits per heavy atom. The van der Waals surface area contributed by atoms with Gasteiger partial charge < -0.3 is 14.6 Å². The largest absolute Gasteiger partial charge is 0.396 e. The summed E-state index contributed by atoms with van der Waals surface area (Å²) in [6.45, 7) is 2.54. The predicted molar refractivity (Wildman–Crippen MR) is 97.6 cm³/mol. The molecule has 0 aromatic heterocycles. The molecule has 25 heavy (non-hydrogen) atoms. The van der Waals surface area contributed by atoms with E-state index in [2.05, 4.69) is 0 Å². The highest BCUT2D eigenvalue weighted by Gasteiger charge is 2.32. The molecule has 2 rings (SSSR count). The van der Waals surface area contributed by atoms with Gasteiger partial charge in [-0.25, -0.2) is 0 Å². The monoisotopic (exact) mass is 342 g/mol. The van der Waals surface area contributed by atoms with Gasteiger partial charge in [-0.1, -0.05) is 67.6 Å². The Labute approximate surface area is 149 Å². The molecule has 4 nitrogen and oxygen atoms in total. The zero-order valence-corrected chi connectivity index (χ0v) is 14.9. The standard InChI is InChI=1S/C21H26O4/c1-3-21(14-22,15-24-2)16-25-20(18-12-8-5-9-13-18)19(23)17-10-6-4-7-11-17/h4-13,20,22H,3,14-16H2,1-2H3. The average Bonchev–Trinajstić information content (AvgIpc) is 2.68. The van der Waals surface area contributed by atoms with E-state index in [-0.39, 0.29) is 19.0 Å². The lowest BCUT2D eigenvalue weighted by Crippen LogP contribution is -2.36. The Morgan fingerprint density at radius 3 is 2.16 bits per heavy atom. The molecule has 2 atom stereocenters. The lowest BCUT2D eigenvalue weighted by atomic mass is 9.88. The van der Waals surface area contributed by atoms with Crippen LogP contribution in [0.1, 0.15) is 35.4 Å². The molecule has 134 valence electrons. The summed E-state index contributed by atoms with van der Waals surface area (Å²) in [7, 11) is 1.60. The van der Waals surface area contributed by atoms with Crippen molar-refractivity contribution in [3.05, 3.63) is 71.8 Å². The number of hydrogen-bond acceptors (Lipinski definition) is 4. The van der Waals surface area contributed by atoms with Crippen molar-refractivity contribution >= 4 is 5.78 Å². The first-order valence-corrected chi connectivity index (χ1v) is 8.51. The van der Waals surface area contributed by atoms with Gasteiger partial charge in [0.1, 0.15) is 6.10 Å². The number of benzene rings is 2. The predicted octanol–water partition coefficient (Wildman–Crippen LogP) is 3.66. The first-order valence-electron chi connectivity index (χ1n) is 8.51. The van der Waals surface area contributed by atoms with Gasteiger partial charge in [-0.05, 0) is 12.0 Å². The van der Waals surface area contributed by atoms with Crippen LogP contribution in [0.4, 0.5) is 0 Å². The summed E-state index contributed by atoms with van der Waals surface area (Å²) in [4.78, 5) is 13.0. The molecule has 0 amide bonds. The van der Waals surface area contributed by atoms with E-state index >= 15 is 0 Å². The van der Waals surface area contributed by atoms with E-state index in [1.807, 2.05) is 55.5 Å². The Hall–Kier alpha value is -2.01. The van der Waals surface area contributed by atoms with E-state index in [0.717, 1.165) is 5.56 Å². The zero-order valence-electron chi connectivity index (χ0n) is 14.9. The number of carbonyl (C=O) groups is 1. The summed E-state index contributed by atoms with van der Waals surface area (Å²) in [5.74, 6) is -0.0906. The van der Waals surface area contributed by atoms with Gasteiger partial charge in [0.15, 0.2) is 5.78 Å². The molecule has 0 saturated carbocycles. The minimum Gasteiger partial charge on any atom is -0.396 e. The fourth-order valence-electron chi connectivity index (χ4n) is 2.72. The van der Waals surface area contributed by atoms with Crippen LogP contribution in [0.2, 0.25) is 0 Å². The van der Waals surface area contributed by atoms with Crippen molar-refractivity contribution in [2.45, 2.75) is 19.4 Å². The minimum atomic E-state index is -0.710. The molecule has 0 saturated heterocycles. The second kappa shape index (κ2) is 9.47. The highest BCUT2D eigenvalue weighted by atomic mass is 16.5. The number of rotatable bonds is 10. The molecule has 2 aromatic carbocycles. The van der Waals surface area contributed by atoms with Crippen molar-refractivity contribution in [1.29, 1.82) is 0 Å². The smallest absolute Gasteiger partial charge is 0.196 e. The molecule has 4 heteroatoms. The van der Waals surface area contributed by atoms with Gasteiger partial charge >= 0.3 is 0 Å². The van der Waals surface area contributed by atoms with Crippen molar-refractivity contribution in [1.82, 2.24) is 0 Å². The van der Waals surface area contributed by atoms with E-state index < -0.39 is 11.5 Å². The SMILES string of the molecule is CCC(CO)(COC)COC(C(=O)c1ccccc1)c1ccccc1. The summed E-state index contributed by atoms with van der Waals surface area (Å²) in [6.07, 6.45) is -0.0174. The Morgan fingerprint density at radius 2 is 1.64 bits per heavy atom. The maximum Gasteiger partial charge on any atom is 0.196 e. The average molecular weight is 342 g/mol. The molecule has 0 radical (unpaired) electrons. The van der Waals surface area contributed by atoms with Crippen molar-refractivity contribution < 1.29 is 19.4 Å². The molecule has 0 fully saturated rings. The van der Waals surface area contributed by atoms with Crippen LogP contribution in [-0.2, 0) is 9.47 Å². The fourth-order valence-corrected chi connectivity index (χ4v) is 2.72. The summed E-state index contributed by atoms with van der Waals surface area (Å²) in [5.41, 5.74) is 0.893. The third-order valence-electron chi connectivity index (χ3n) is 4.49. The maximum absolute atomic E-state index is 13.0. The summed E-state index contributed by atoms with van der Waals surface area (Å²) in [5, 5.41) is 9.80. The normalized spacial score (nSPS) is 14.7. The number of ketones is 1. The van der Waals surface area contributed by atoms with Crippen LogP contribution >= 0.6 is 0 Å². The molecule has 2 unspecified atom stereocenters. The maximum atomic E-state index is 13.0. The molecule has 2 aromatic rings.